The van der Waals surface area contributed by atoms with E-state index in [9.17, 15) is 10.2 Å². The van der Waals surface area contributed by atoms with Crippen LogP contribution in [0.15, 0.2) is 0 Å². The zero-order valence-corrected chi connectivity index (χ0v) is 11.6. The molecule has 2 N–H and O–H groups in total. The maximum Gasteiger partial charge on any atom is 0.0900 e. The molecule has 5 nitrogen and oxygen atoms in total. The summed E-state index contributed by atoms with van der Waals surface area (Å²) in [5.74, 6) is 0.789. The van der Waals surface area contributed by atoms with Gasteiger partial charge in [-0.15, -0.1) is 0 Å². The van der Waals surface area contributed by atoms with Crippen molar-refractivity contribution in [3.8, 4) is 0 Å². The fourth-order valence-corrected chi connectivity index (χ4v) is 1.78. The average Bonchev–Trinajstić information content (AvgIpc) is 2.26. The van der Waals surface area contributed by atoms with Crippen LogP contribution in [-0.2, 0) is 9.47 Å². The average molecular weight is 267 g/mol. The summed E-state index contributed by atoms with van der Waals surface area (Å²) in [6.07, 6.45) is -0.146. The molecule has 0 radical (unpaired) electrons. The Morgan fingerprint density at radius 1 is 1.06 bits per heavy atom. The SMILES string of the molecule is COCC(O)CN(CCCS)CC(O)COC. The van der Waals surface area contributed by atoms with Gasteiger partial charge in [0.25, 0.3) is 0 Å². The molecule has 6 heteroatoms. The monoisotopic (exact) mass is 267 g/mol. The van der Waals surface area contributed by atoms with Gasteiger partial charge < -0.3 is 19.7 Å². The topological polar surface area (TPSA) is 62.2 Å². The second kappa shape index (κ2) is 11.3. The number of nitrogens with zero attached hydrogens (tertiary/aromatic N) is 1. The first kappa shape index (κ1) is 17.2. The van der Waals surface area contributed by atoms with E-state index >= 15 is 0 Å². The number of aliphatic hydroxyl groups is 2. The Bertz CT molecular complexity index is 160. The van der Waals surface area contributed by atoms with Crippen molar-refractivity contribution in [3.63, 3.8) is 0 Å². The summed E-state index contributed by atoms with van der Waals surface area (Å²) in [4.78, 5) is 2.00. The zero-order valence-electron chi connectivity index (χ0n) is 10.7. The summed E-state index contributed by atoms with van der Waals surface area (Å²) < 4.78 is 9.77. The van der Waals surface area contributed by atoms with E-state index in [2.05, 4.69) is 12.6 Å². The predicted octanol–water partition coefficient (Wildman–Crippen LogP) is -0.377. The van der Waals surface area contributed by atoms with Gasteiger partial charge in [0.1, 0.15) is 0 Å². The maximum absolute atomic E-state index is 9.66. The lowest BCUT2D eigenvalue weighted by Gasteiger charge is -2.26. The van der Waals surface area contributed by atoms with Crippen LogP contribution in [0.5, 0.6) is 0 Å². The smallest absolute Gasteiger partial charge is 0.0900 e. The molecule has 0 spiro atoms. The molecule has 0 amide bonds. The third kappa shape index (κ3) is 9.82. The second-order valence-corrected chi connectivity index (χ2v) is 4.50. The number of hydrogen-bond acceptors (Lipinski definition) is 6. The number of methoxy groups -OCH3 is 2. The number of hydrogen-bond donors (Lipinski definition) is 3. The molecule has 0 aromatic heterocycles. The van der Waals surface area contributed by atoms with Crippen LogP contribution in [0.2, 0.25) is 0 Å². The molecule has 0 saturated heterocycles. The number of aliphatic hydroxyl groups excluding tert-OH is 2. The van der Waals surface area contributed by atoms with E-state index in [4.69, 9.17) is 9.47 Å². The Kier molecular flexibility index (Phi) is 11.4. The van der Waals surface area contributed by atoms with E-state index in [-0.39, 0.29) is 0 Å². The molecule has 0 saturated carbocycles. The first-order valence-corrected chi connectivity index (χ1v) is 6.44. The van der Waals surface area contributed by atoms with Crippen LogP contribution in [0.4, 0.5) is 0 Å². The summed E-state index contributed by atoms with van der Waals surface area (Å²) in [5, 5.41) is 19.3. The minimum absolute atomic E-state index is 0.303. The van der Waals surface area contributed by atoms with Gasteiger partial charge in [-0.05, 0) is 18.7 Å². The molecule has 104 valence electrons. The summed E-state index contributed by atoms with van der Waals surface area (Å²) >= 11 is 4.16. The van der Waals surface area contributed by atoms with Crippen molar-refractivity contribution in [2.45, 2.75) is 18.6 Å². The first-order chi connectivity index (χ1) is 8.13. The summed E-state index contributed by atoms with van der Waals surface area (Å²) in [7, 11) is 3.11. The summed E-state index contributed by atoms with van der Waals surface area (Å²) in [6, 6.07) is 0. The summed E-state index contributed by atoms with van der Waals surface area (Å²) in [6.45, 7) is 2.38. The normalized spacial score (nSPS) is 15.2. The third-order valence-corrected chi connectivity index (χ3v) is 2.60. The molecule has 0 heterocycles. The van der Waals surface area contributed by atoms with E-state index < -0.39 is 12.2 Å². The van der Waals surface area contributed by atoms with E-state index in [1.54, 1.807) is 14.2 Å². The predicted molar refractivity (Wildman–Crippen MR) is 70.7 cm³/mol. The van der Waals surface area contributed by atoms with Crippen molar-refractivity contribution in [3.05, 3.63) is 0 Å². The van der Waals surface area contributed by atoms with Gasteiger partial charge >= 0.3 is 0 Å². The molecule has 0 rings (SSSR count). The van der Waals surface area contributed by atoms with E-state index in [0.717, 1.165) is 18.7 Å². The maximum atomic E-state index is 9.66. The highest BCUT2D eigenvalue weighted by molar-refractivity contribution is 7.80. The highest BCUT2D eigenvalue weighted by Gasteiger charge is 2.15. The fourth-order valence-electron chi connectivity index (χ4n) is 1.64. The van der Waals surface area contributed by atoms with Crippen LogP contribution in [0.25, 0.3) is 0 Å². The van der Waals surface area contributed by atoms with Gasteiger partial charge in [-0.25, -0.2) is 0 Å². The molecule has 0 aliphatic rings. The van der Waals surface area contributed by atoms with E-state index in [1.165, 1.54) is 0 Å². The van der Waals surface area contributed by atoms with Gasteiger partial charge in [-0.2, -0.15) is 12.6 Å². The van der Waals surface area contributed by atoms with Gasteiger partial charge in [0.15, 0.2) is 0 Å². The van der Waals surface area contributed by atoms with Crippen molar-refractivity contribution in [1.82, 2.24) is 4.90 Å². The zero-order chi connectivity index (χ0) is 13.1. The van der Waals surface area contributed by atoms with Crippen LogP contribution in [0.1, 0.15) is 6.42 Å². The second-order valence-electron chi connectivity index (χ2n) is 4.06. The highest BCUT2D eigenvalue weighted by atomic mass is 32.1. The van der Waals surface area contributed by atoms with Gasteiger partial charge in [0, 0.05) is 27.3 Å². The molecule has 0 bridgehead atoms. The molecular weight excluding hydrogens is 242 g/mol. The molecule has 0 aliphatic carbocycles. The van der Waals surface area contributed by atoms with Crippen molar-refractivity contribution in [2.75, 3.05) is 52.8 Å². The van der Waals surface area contributed by atoms with E-state index in [0.29, 0.717) is 26.3 Å². The lowest BCUT2D eigenvalue weighted by atomic mass is 10.2. The third-order valence-electron chi connectivity index (χ3n) is 2.29. The van der Waals surface area contributed by atoms with Crippen LogP contribution in [0, 0.1) is 0 Å². The number of thiol groups is 1. The quantitative estimate of drug-likeness (QED) is 0.446. The van der Waals surface area contributed by atoms with Crippen molar-refractivity contribution in [1.29, 1.82) is 0 Å². The van der Waals surface area contributed by atoms with Crippen molar-refractivity contribution >= 4 is 12.6 Å². The molecule has 0 aromatic rings. The van der Waals surface area contributed by atoms with E-state index in [1.807, 2.05) is 4.90 Å². The Morgan fingerprint density at radius 3 is 1.88 bits per heavy atom. The van der Waals surface area contributed by atoms with Crippen LogP contribution < -0.4 is 0 Å². The Hall–Kier alpha value is 0.150. The van der Waals surface area contributed by atoms with Crippen LogP contribution in [-0.4, -0.2) is 80.1 Å². The fraction of sp³-hybridized carbons (Fsp3) is 1.00. The minimum atomic E-state index is -0.533. The van der Waals surface area contributed by atoms with Gasteiger partial charge in [-0.1, -0.05) is 0 Å². The molecule has 17 heavy (non-hydrogen) atoms. The highest BCUT2D eigenvalue weighted by Crippen LogP contribution is 2.00. The van der Waals surface area contributed by atoms with Gasteiger partial charge in [-0.3, -0.25) is 4.90 Å². The standard InChI is InChI=1S/C11H25NO4S/c1-15-8-10(13)6-12(4-3-5-17)7-11(14)9-16-2/h10-11,13-14,17H,3-9H2,1-2H3. The summed E-state index contributed by atoms with van der Waals surface area (Å²) in [5.41, 5.74) is 0. The molecule has 2 atom stereocenters. The Labute approximate surface area is 109 Å². The molecule has 2 unspecified atom stereocenters. The Morgan fingerprint density at radius 2 is 1.53 bits per heavy atom. The lowest BCUT2D eigenvalue weighted by molar-refractivity contribution is 0.00663. The number of ether oxygens (including phenoxy) is 2. The van der Waals surface area contributed by atoms with Crippen molar-refractivity contribution < 1.29 is 19.7 Å². The van der Waals surface area contributed by atoms with Gasteiger partial charge in [0.2, 0.25) is 0 Å². The molecule has 0 aliphatic heterocycles. The molecular formula is C11H25NO4S. The molecule has 0 fully saturated rings. The largest absolute Gasteiger partial charge is 0.389 e. The van der Waals surface area contributed by atoms with Crippen molar-refractivity contribution in [2.24, 2.45) is 0 Å². The molecule has 0 aromatic carbocycles. The minimum Gasteiger partial charge on any atom is -0.389 e. The van der Waals surface area contributed by atoms with Gasteiger partial charge in [0.05, 0.1) is 25.4 Å². The van der Waals surface area contributed by atoms with Crippen LogP contribution in [0.3, 0.4) is 0 Å². The number of rotatable bonds is 11. The lowest BCUT2D eigenvalue weighted by Crippen LogP contribution is -2.41. The Balaban J connectivity index is 4.02. The van der Waals surface area contributed by atoms with Crippen LogP contribution >= 0.6 is 12.6 Å². The first-order valence-electron chi connectivity index (χ1n) is 5.81.